The Morgan fingerprint density at radius 2 is 1.80 bits per heavy atom. The van der Waals surface area contributed by atoms with E-state index < -0.39 is 16.0 Å². The third kappa shape index (κ3) is 4.99. The van der Waals surface area contributed by atoms with Gasteiger partial charge >= 0.3 is 5.97 Å². The lowest BCUT2D eigenvalue weighted by Crippen LogP contribution is -2.35. The maximum absolute atomic E-state index is 13.1. The first-order chi connectivity index (χ1) is 14.3. The summed E-state index contributed by atoms with van der Waals surface area (Å²) in [7, 11) is -3.74. The van der Waals surface area contributed by atoms with Gasteiger partial charge in [0, 0.05) is 13.1 Å². The average molecular weight is 431 g/mol. The number of carbonyl (C=O) groups is 2. The predicted molar refractivity (Wildman–Crippen MR) is 114 cm³/mol. The van der Waals surface area contributed by atoms with Gasteiger partial charge in [-0.3, -0.25) is 9.10 Å². The Bertz CT molecular complexity index is 1020. The highest BCUT2D eigenvalue weighted by Gasteiger charge is 2.29. The van der Waals surface area contributed by atoms with Gasteiger partial charge in [-0.25, -0.2) is 13.2 Å². The number of rotatable bonds is 7. The topological polar surface area (TPSA) is 92.8 Å². The molecule has 8 heteroatoms. The number of para-hydroxylation sites is 1. The molecule has 160 valence electrons. The summed E-state index contributed by atoms with van der Waals surface area (Å²) in [6.07, 6.45) is 1.59. The summed E-state index contributed by atoms with van der Waals surface area (Å²) in [4.78, 5) is 23.9. The Morgan fingerprint density at radius 3 is 2.50 bits per heavy atom. The Balaban J connectivity index is 1.68. The summed E-state index contributed by atoms with van der Waals surface area (Å²) in [5.74, 6) is -0.756. The van der Waals surface area contributed by atoms with E-state index >= 15 is 0 Å². The quantitative estimate of drug-likeness (QED) is 0.682. The van der Waals surface area contributed by atoms with Crippen LogP contribution in [0.5, 0.6) is 0 Å². The maximum atomic E-state index is 13.1. The van der Waals surface area contributed by atoms with Gasteiger partial charge in [-0.2, -0.15) is 0 Å². The number of hydrogen-bond acceptors (Lipinski definition) is 5. The maximum Gasteiger partial charge on any atom is 0.338 e. The molecule has 0 bridgehead atoms. The van der Waals surface area contributed by atoms with Crippen LogP contribution in [0.4, 0.5) is 5.69 Å². The van der Waals surface area contributed by atoms with Crippen LogP contribution in [-0.4, -0.2) is 40.0 Å². The van der Waals surface area contributed by atoms with Crippen LogP contribution in [0, 0.1) is 5.92 Å². The van der Waals surface area contributed by atoms with Gasteiger partial charge in [0.15, 0.2) is 6.61 Å². The number of hydrogen-bond donors (Lipinski definition) is 1. The molecule has 1 aliphatic heterocycles. The second-order valence-corrected chi connectivity index (χ2v) is 9.47. The van der Waals surface area contributed by atoms with Crippen LogP contribution >= 0.6 is 0 Å². The molecule has 1 amide bonds. The van der Waals surface area contributed by atoms with E-state index in [9.17, 15) is 18.0 Å². The number of amides is 1. The lowest BCUT2D eigenvalue weighted by atomic mass is 10.0. The first-order valence-corrected chi connectivity index (χ1v) is 11.4. The predicted octanol–water partition coefficient (Wildman–Crippen LogP) is 2.76. The molecule has 1 aliphatic rings. The van der Waals surface area contributed by atoms with Crippen LogP contribution in [0.3, 0.4) is 0 Å². The fourth-order valence-corrected chi connectivity index (χ4v) is 4.76. The van der Waals surface area contributed by atoms with E-state index in [4.69, 9.17) is 4.74 Å². The first kappa shape index (κ1) is 21.8. The molecule has 2 aromatic rings. The zero-order chi connectivity index (χ0) is 21.7. The van der Waals surface area contributed by atoms with E-state index in [-0.39, 0.29) is 23.0 Å². The molecule has 2 aromatic carbocycles. The standard InChI is InChI=1S/C22H26N2O5S/c1-16(2)14-23-21(25)15-29-22(26)18-9-11-19(12-10-18)30(27,28)24-13-5-7-17-6-3-4-8-20(17)24/h3-4,6,8-12,16H,5,7,13-15H2,1-2H3,(H,23,25). The van der Waals surface area contributed by atoms with Gasteiger partial charge in [0.2, 0.25) is 0 Å². The lowest BCUT2D eigenvalue weighted by Gasteiger charge is -2.30. The summed E-state index contributed by atoms with van der Waals surface area (Å²) >= 11 is 0. The zero-order valence-electron chi connectivity index (χ0n) is 17.1. The van der Waals surface area contributed by atoms with Crippen molar-refractivity contribution >= 4 is 27.6 Å². The van der Waals surface area contributed by atoms with Crippen LogP contribution in [0.2, 0.25) is 0 Å². The normalized spacial score (nSPS) is 13.6. The van der Waals surface area contributed by atoms with Gasteiger partial charge in [-0.1, -0.05) is 32.0 Å². The van der Waals surface area contributed by atoms with Gasteiger partial charge in [0.1, 0.15) is 0 Å². The van der Waals surface area contributed by atoms with Crippen LogP contribution in [0.15, 0.2) is 53.4 Å². The third-order valence-electron chi connectivity index (χ3n) is 4.79. The number of fused-ring (bicyclic) bond motifs is 1. The minimum absolute atomic E-state index is 0.102. The van der Waals surface area contributed by atoms with E-state index in [2.05, 4.69) is 5.32 Å². The molecule has 0 radical (unpaired) electrons. The van der Waals surface area contributed by atoms with Crippen molar-refractivity contribution in [1.82, 2.24) is 5.32 Å². The molecular formula is C22H26N2O5S. The van der Waals surface area contributed by atoms with Crippen LogP contribution in [0.25, 0.3) is 0 Å². The highest BCUT2D eigenvalue weighted by Crippen LogP contribution is 2.31. The van der Waals surface area contributed by atoms with E-state index in [1.807, 2.05) is 38.1 Å². The van der Waals surface area contributed by atoms with Gasteiger partial charge < -0.3 is 10.1 Å². The van der Waals surface area contributed by atoms with Crippen LogP contribution in [0.1, 0.15) is 36.2 Å². The summed E-state index contributed by atoms with van der Waals surface area (Å²) in [5.41, 5.74) is 1.88. The van der Waals surface area contributed by atoms with Gasteiger partial charge in [-0.15, -0.1) is 0 Å². The summed E-state index contributed by atoms with van der Waals surface area (Å²) in [6, 6.07) is 13.1. The number of benzene rings is 2. The van der Waals surface area contributed by atoms with Gasteiger partial charge in [0.05, 0.1) is 16.1 Å². The Labute approximate surface area is 177 Å². The second kappa shape index (κ2) is 9.30. The molecule has 0 spiro atoms. The fourth-order valence-electron chi connectivity index (χ4n) is 3.22. The molecule has 0 unspecified atom stereocenters. The van der Waals surface area contributed by atoms with Crippen LogP contribution in [-0.2, 0) is 26.0 Å². The minimum atomic E-state index is -3.74. The van der Waals surface area contributed by atoms with Crippen molar-refractivity contribution in [3.05, 3.63) is 59.7 Å². The molecule has 0 aliphatic carbocycles. The Morgan fingerprint density at radius 1 is 1.10 bits per heavy atom. The third-order valence-corrected chi connectivity index (χ3v) is 6.61. The first-order valence-electron chi connectivity index (χ1n) is 9.93. The highest BCUT2D eigenvalue weighted by atomic mass is 32.2. The van der Waals surface area contributed by atoms with Crippen molar-refractivity contribution in [3.8, 4) is 0 Å². The zero-order valence-corrected chi connectivity index (χ0v) is 17.9. The fraction of sp³-hybridized carbons (Fsp3) is 0.364. The number of carbonyl (C=O) groups excluding carboxylic acids is 2. The van der Waals surface area contributed by atoms with Gasteiger partial charge in [-0.05, 0) is 54.7 Å². The monoisotopic (exact) mass is 430 g/mol. The molecule has 30 heavy (non-hydrogen) atoms. The van der Waals surface area contributed by atoms with Crippen LogP contribution < -0.4 is 9.62 Å². The Hall–Kier alpha value is -2.87. The number of sulfonamides is 1. The molecule has 3 rings (SSSR count). The van der Waals surface area contributed by atoms with E-state index in [1.54, 1.807) is 0 Å². The molecule has 7 nitrogen and oxygen atoms in total. The van der Waals surface area contributed by atoms with Gasteiger partial charge in [0.25, 0.3) is 15.9 Å². The molecule has 0 saturated heterocycles. The number of nitrogens with zero attached hydrogens (tertiary/aromatic N) is 1. The average Bonchev–Trinajstić information content (AvgIpc) is 2.75. The smallest absolute Gasteiger partial charge is 0.338 e. The van der Waals surface area contributed by atoms with Crippen molar-refractivity contribution in [2.45, 2.75) is 31.6 Å². The summed E-state index contributed by atoms with van der Waals surface area (Å²) in [6.45, 7) is 4.46. The SMILES string of the molecule is CC(C)CNC(=O)COC(=O)c1ccc(S(=O)(=O)N2CCCc3ccccc32)cc1. The van der Waals surface area contributed by atoms with Crippen molar-refractivity contribution in [1.29, 1.82) is 0 Å². The number of anilines is 1. The highest BCUT2D eigenvalue weighted by molar-refractivity contribution is 7.92. The summed E-state index contributed by atoms with van der Waals surface area (Å²) < 4.78 is 32.7. The Kier molecular flexibility index (Phi) is 6.77. The second-order valence-electron chi connectivity index (χ2n) is 7.61. The molecule has 0 saturated carbocycles. The van der Waals surface area contributed by atoms with Crippen molar-refractivity contribution in [2.24, 2.45) is 5.92 Å². The number of nitrogens with one attached hydrogen (secondary N) is 1. The largest absolute Gasteiger partial charge is 0.452 e. The molecule has 0 fully saturated rings. The number of aryl methyl sites for hydroxylation is 1. The van der Waals surface area contributed by atoms with Crippen molar-refractivity contribution in [3.63, 3.8) is 0 Å². The molecule has 1 N–H and O–H groups in total. The van der Waals surface area contributed by atoms with E-state index in [1.165, 1.54) is 28.6 Å². The molecule has 0 atom stereocenters. The minimum Gasteiger partial charge on any atom is -0.452 e. The molecule has 0 aromatic heterocycles. The van der Waals surface area contributed by atoms with E-state index in [0.717, 1.165) is 18.4 Å². The number of esters is 1. The number of ether oxygens (including phenoxy) is 1. The van der Waals surface area contributed by atoms with E-state index in [0.29, 0.717) is 24.7 Å². The summed E-state index contributed by atoms with van der Waals surface area (Å²) in [5, 5.41) is 2.66. The lowest BCUT2D eigenvalue weighted by molar-refractivity contribution is -0.124. The van der Waals surface area contributed by atoms with Crippen molar-refractivity contribution in [2.75, 3.05) is 24.0 Å². The molecular weight excluding hydrogens is 404 g/mol. The molecule has 1 heterocycles. The van der Waals surface area contributed by atoms with Crippen molar-refractivity contribution < 1.29 is 22.7 Å².